The second-order valence-electron chi connectivity index (χ2n) is 5.43. The second kappa shape index (κ2) is 8.73. The molecule has 1 aromatic heterocycles. The zero-order valence-corrected chi connectivity index (χ0v) is 15.6. The number of aryl methyl sites for hydroxylation is 1. The van der Waals surface area contributed by atoms with Crippen molar-refractivity contribution >= 4 is 17.5 Å². The van der Waals surface area contributed by atoms with E-state index in [-0.39, 0.29) is 5.91 Å². The van der Waals surface area contributed by atoms with Crippen molar-refractivity contribution in [2.24, 2.45) is 7.05 Å². The maximum Gasteiger partial charge on any atom is 0.242 e. The number of benzene rings is 1. The van der Waals surface area contributed by atoms with Gasteiger partial charge < -0.3 is 20.1 Å². The van der Waals surface area contributed by atoms with Gasteiger partial charge in [0.05, 0.1) is 24.9 Å². The smallest absolute Gasteiger partial charge is 0.242 e. The predicted molar refractivity (Wildman–Crippen MR) is 96.0 cm³/mol. The number of nitrogens with zero attached hydrogens (tertiary/aromatic N) is 2. The molecule has 1 aromatic carbocycles. The highest BCUT2D eigenvalue weighted by Crippen LogP contribution is 2.36. The van der Waals surface area contributed by atoms with Gasteiger partial charge in [0.15, 0.2) is 11.5 Å². The average molecular weight is 367 g/mol. The van der Waals surface area contributed by atoms with Crippen molar-refractivity contribution in [2.75, 3.05) is 20.8 Å². The zero-order chi connectivity index (χ0) is 18.4. The Morgan fingerprint density at radius 2 is 2.20 bits per heavy atom. The van der Waals surface area contributed by atoms with Crippen LogP contribution < -0.4 is 20.1 Å². The second-order valence-corrected chi connectivity index (χ2v) is 5.84. The molecule has 136 valence electrons. The topological polar surface area (TPSA) is 77.4 Å². The highest BCUT2D eigenvalue weighted by molar-refractivity contribution is 6.32. The molecular formula is C17H23ClN4O3. The molecule has 2 rings (SSSR count). The molecule has 1 unspecified atom stereocenters. The van der Waals surface area contributed by atoms with E-state index in [1.807, 2.05) is 14.0 Å². The van der Waals surface area contributed by atoms with Crippen molar-refractivity contribution in [3.63, 3.8) is 0 Å². The van der Waals surface area contributed by atoms with Crippen LogP contribution in [0.3, 0.4) is 0 Å². The first-order chi connectivity index (χ1) is 12.0. The number of likely N-dealkylation sites (N-methyl/N-ethyl adjacent to an activating group) is 1. The van der Waals surface area contributed by atoms with Crippen LogP contribution in [0.1, 0.15) is 24.1 Å². The van der Waals surface area contributed by atoms with Gasteiger partial charge in [0, 0.05) is 25.4 Å². The van der Waals surface area contributed by atoms with E-state index in [9.17, 15) is 4.79 Å². The Morgan fingerprint density at radius 1 is 1.44 bits per heavy atom. The Morgan fingerprint density at radius 3 is 2.76 bits per heavy atom. The first-order valence-electron chi connectivity index (χ1n) is 7.92. The van der Waals surface area contributed by atoms with Crippen molar-refractivity contribution < 1.29 is 14.3 Å². The molecule has 0 aliphatic heterocycles. The van der Waals surface area contributed by atoms with Crippen molar-refractivity contribution in [2.45, 2.75) is 19.5 Å². The molecule has 8 heteroatoms. The SMILES string of the molecule is CCOc1c(Cl)cc(CNC(=O)C(NC)c2cnn(C)c2)cc1OC. The number of aromatic nitrogens is 2. The van der Waals surface area contributed by atoms with Crippen LogP contribution in [0.15, 0.2) is 24.5 Å². The minimum atomic E-state index is -0.478. The molecule has 0 saturated heterocycles. The lowest BCUT2D eigenvalue weighted by Gasteiger charge is -2.16. The number of rotatable bonds is 8. The Kier molecular flexibility index (Phi) is 6.66. The number of hydrogen-bond acceptors (Lipinski definition) is 5. The monoisotopic (exact) mass is 366 g/mol. The van der Waals surface area contributed by atoms with E-state index in [4.69, 9.17) is 21.1 Å². The van der Waals surface area contributed by atoms with Crippen LogP contribution in [-0.2, 0) is 18.4 Å². The number of methoxy groups -OCH3 is 1. The van der Waals surface area contributed by atoms with Gasteiger partial charge >= 0.3 is 0 Å². The molecule has 7 nitrogen and oxygen atoms in total. The number of carbonyl (C=O) groups is 1. The first-order valence-corrected chi connectivity index (χ1v) is 8.30. The minimum absolute atomic E-state index is 0.153. The van der Waals surface area contributed by atoms with Gasteiger partial charge in [-0.2, -0.15) is 5.10 Å². The third-order valence-corrected chi connectivity index (χ3v) is 3.93. The van der Waals surface area contributed by atoms with Gasteiger partial charge in [-0.1, -0.05) is 11.6 Å². The number of nitrogens with one attached hydrogen (secondary N) is 2. The average Bonchev–Trinajstić information content (AvgIpc) is 3.01. The summed E-state index contributed by atoms with van der Waals surface area (Å²) in [6.45, 7) is 2.68. The molecule has 0 aliphatic rings. The summed E-state index contributed by atoms with van der Waals surface area (Å²) in [5.41, 5.74) is 1.62. The number of hydrogen-bond donors (Lipinski definition) is 2. The first kappa shape index (κ1) is 19.1. The Bertz CT molecular complexity index is 733. The molecule has 2 aromatic rings. The van der Waals surface area contributed by atoms with Crippen molar-refractivity contribution in [1.82, 2.24) is 20.4 Å². The van der Waals surface area contributed by atoms with Crippen LogP contribution in [0, 0.1) is 0 Å². The maximum atomic E-state index is 12.5. The molecule has 1 atom stereocenters. The van der Waals surface area contributed by atoms with E-state index in [1.54, 1.807) is 43.4 Å². The van der Waals surface area contributed by atoms with Crippen LogP contribution in [0.4, 0.5) is 0 Å². The number of halogens is 1. The summed E-state index contributed by atoms with van der Waals surface area (Å²) >= 11 is 6.25. The minimum Gasteiger partial charge on any atom is -0.493 e. The molecule has 0 aliphatic carbocycles. The lowest BCUT2D eigenvalue weighted by molar-refractivity contribution is -0.123. The van der Waals surface area contributed by atoms with Gasteiger partial charge in [0.2, 0.25) is 5.91 Å². The van der Waals surface area contributed by atoms with Crippen LogP contribution in [-0.4, -0.2) is 36.5 Å². The molecule has 25 heavy (non-hydrogen) atoms. The van der Waals surface area contributed by atoms with E-state index in [2.05, 4.69) is 15.7 Å². The summed E-state index contributed by atoms with van der Waals surface area (Å²) in [5, 5.41) is 10.4. The van der Waals surface area contributed by atoms with Gasteiger partial charge in [-0.25, -0.2) is 0 Å². The van der Waals surface area contributed by atoms with E-state index in [0.717, 1.165) is 11.1 Å². The summed E-state index contributed by atoms with van der Waals surface area (Å²) in [6.07, 6.45) is 3.47. The van der Waals surface area contributed by atoms with Crippen LogP contribution >= 0.6 is 11.6 Å². The number of carbonyl (C=O) groups excluding carboxylic acids is 1. The molecule has 1 amide bonds. The molecule has 0 radical (unpaired) electrons. The third kappa shape index (κ3) is 4.64. The molecule has 0 spiro atoms. The van der Waals surface area contributed by atoms with Crippen molar-refractivity contribution in [1.29, 1.82) is 0 Å². The summed E-state index contributed by atoms with van der Waals surface area (Å²) < 4.78 is 12.5. The van der Waals surface area contributed by atoms with Crippen LogP contribution in [0.5, 0.6) is 11.5 Å². The summed E-state index contributed by atoms with van der Waals surface area (Å²) in [4.78, 5) is 12.5. The quantitative estimate of drug-likeness (QED) is 0.747. The Balaban J connectivity index is 2.09. The highest BCUT2D eigenvalue weighted by atomic mass is 35.5. The van der Waals surface area contributed by atoms with Gasteiger partial charge in [-0.3, -0.25) is 9.48 Å². The third-order valence-electron chi connectivity index (χ3n) is 3.65. The fourth-order valence-corrected chi connectivity index (χ4v) is 2.78. The highest BCUT2D eigenvalue weighted by Gasteiger charge is 2.20. The summed E-state index contributed by atoms with van der Waals surface area (Å²) in [7, 11) is 5.09. The number of amides is 1. The molecule has 2 N–H and O–H groups in total. The number of ether oxygens (including phenoxy) is 2. The van der Waals surface area contributed by atoms with E-state index < -0.39 is 6.04 Å². The fourth-order valence-electron chi connectivity index (χ4n) is 2.49. The maximum absolute atomic E-state index is 12.5. The standard InChI is InChI=1S/C17H23ClN4O3/c1-5-25-16-13(18)6-11(7-14(16)24-4)8-20-17(23)15(19-2)12-9-21-22(3)10-12/h6-7,9-10,15,19H,5,8H2,1-4H3,(H,20,23). The summed E-state index contributed by atoms with van der Waals surface area (Å²) in [6, 6.07) is 3.08. The van der Waals surface area contributed by atoms with E-state index in [1.165, 1.54) is 0 Å². The van der Waals surface area contributed by atoms with Gasteiger partial charge in [0.25, 0.3) is 0 Å². The van der Waals surface area contributed by atoms with E-state index >= 15 is 0 Å². The van der Waals surface area contributed by atoms with Gasteiger partial charge in [-0.05, 0) is 31.7 Å². The summed E-state index contributed by atoms with van der Waals surface area (Å²) in [5.74, 6) is 0.890. The van der Waals surface area contributed by atoms with Gasteiger partial charge in [-0.15, -0.1) is 0 Å². The lowest BCUT2D eigenvalue weighted by atomic mass is 10.1. The van der Waals surface area contributed by atoms with Crippen molar-refractivity contribution in [3.8, 4) is 11.5 Å². The molecule has 1 heterocycles. The Hall–Kier alpha value is -2.25. The molecule has 0 fully saturated rings. The molecule has 0 saturated carbocycles. The molecule has 0 bridgehead atoms. The molecular weight excluding hydrogens is 344 g/mol. The van der Waals surface area contributed by atoms with E-state index in [0.29, 0.717) is 29.7 Å². The fraction of sp³-hybridized carbons (Fsp3) is 0.412. The zero-order valence-electron chi connectivity index (χ0n) is 14.8. The van der Waals surface area contributed by atoms with Gasteiger partial charge in [0.1, 0.15) is 6.04 Å². The van der Waals surface area contributed by atoms with Crippen LogP contribution in [0.25, 0.3) is 0 Å². The Labute approximate surface area is 152 Å². The normalized spacial score (nSPS) is 11.9. The predicted octanol–water partition coefficient (Wildman–Crippen LogP) is 2.06. The largest absolute Gasteiger partial charge is 0.493 e. The lowest BCUT2D eigenvalue weighted by Crippen LogP contribution is -2.35. The van der Waals surface area contributed by atoms with Crippen molar-refractivity contribution in [3.05, 3.63) is 40.7 Å². The van der Waals surface area contributed by atoms with Crippen LogP contribution in [0.2, 0.25) is 5.02 Å².